The normalized spacial score (nSPS) is 13.6. The number of fused-ring (bicyclic) bond motifs is 1. The molecule has 114 valence electrons. The predicted octanol–water partition coefficient (Wildman–Crippen LogP) is 3.07. The molecule has 1 aromatic carbocycles. The van der Waals surface area contributed by atoms with Crippen LogP contribution in [0.1, 0.15) is 43.9 Å². The molecule has 1 unspecified atom stereocenters. The Kier molecular flexibility index (Phi) is 4.05. The number of ether oxygens (including phenoxy) is 1. The highest BCUT2D eigenvalue weighted by atomic mass is 16.5. The van der Waals surface area contributed by atoms with E-state index < -0.39 is 5.97 Å². The maximum Gasteiger partial charge on any atom is 0.335 e. The Labute approximate surface area is 124 Å². The lowest BCUT2D eigenvalue weighted by molar-refractivity contribution is 0.0697. The molecule has 0 fully saturated rings. The van der Waals surface area contributed by atoms with Gasteiger partial charge in [-0.1, -0.05) is 20.8 Å². The second-order valence-electron chi connectivity index (χ2n) is 6.35. The second kappa shape index (κ2) is 5.48. The van der Waals surface area contributed by atoms with Crippen molar-refractivity contribution in [3.63, 3.8) is 0 Å². The number of imidazole rings is 1. The minimum Gasteiger partial charge on any atom is -0.478 e. The number of aromatic carboxylic acids is 1. The summed E-state index contributed by atoms with van der Waals surface area (Å²) in [4.78, 5) is 15.8. The van der Waals surface area contributed by atoms with Gasteiger partial charge in [0.1, 0.15) is 5.82 Å². The number of rotatable bonds is 4. The van der Waals surface area contributed by atoms with Gasteiger partial charge in [-0.15, -0.1) is 0 Å². The van der Waals surface area contributed by atoms with E-state index in [0.717, 1.165) is 11.3 Å². The van der Waals surface area contributed by atoms with E-state index in [2.05, 4.69) is 30.3 Å². The Balaban J connectivity index is 2.64. The van der Waals surface area contributed by atoms with Crippen molar-refractivity contribution in [2.24, 2.45) is 0 Å². The predicted molar refractivity (Wildman–Crippen MR) is 81.9 cm³/mol. The minimum absolute atomic E-state index is 0.0580. The van der Waals surface area contributed by atoms with E-state index in [9.17, 15) is 4.79 Å². The summed E-state index contributed by atoms with van der Waals surface area (Å²) in [6, 6.07) is 5.07. The van der Waals surface area contributed by atoms with Gasteiger partial charge in [0.2, 0.25) is 0 Å². The van der Waals surface area contributed by atoms with Gasteiger partial charge < -0.3 is 14.4 Å². The van der Waals surface area contributed by atoms with E-state index in [0.29, 0.717) is 12.1 Å². The molecular formula is C16H22N2O3. The van der Waals surface area contributed by atoms with Crippen molar-refractivity contribution in [3.05, 3.63) is 29.6 Å². The number of aromatic nitrogens is 2. The van der Waals surface area contributed by atoms with Crippen molar-refractivity contribution >= 4 is 17.0 Å². The van der Waals surface area contributed by atoms with E-state index in [-0.39, 0.29) is 17.1 Å². The zero-order valence-corrected chi connectivity index (χ0v) is 13.2. The molecule has 0 amide bonds. The van der Waals surface area contributed by atoms with Crippen LogP contribution in [-0.2, 0) is 16.7 Å². The Morgan fingerprint density at radius 3 is 2.62 bits per heavy atom. The highest BCUT2D eigenvalue weighted by Gasteiger charge is 2.24. The topological polar surface area (TPSA) is 64.4 Å². The molecule has 0 aliphatic heterocycles. The summed E-state index contributed by atoms with van der Waals surface area (Å²) in [6.07, 6.45) is 0.0580. The molecule has 1 aromatic heterocycles. The van der Waals surface area contributed by atoms with Crippen molar-refractivity contribution in [1.82, 2.24) is 9.55 Å². The summed E-state index contributed by atoms with van der Waals surface area (Å²) in [6.45, 7) is 8.98. The Morgan fingerprint density at radius 1 is 1.43 bits per heavy atom. The highest BCUT2D eigenvalue weighted by Crippen LogP contribution is 2.27. The Bertz CT molecular complexity index is 668. The summed E-state index contributed by atoms with van der Waals surface area (Å²) >= 11 is 0. The number of carbonyl (C=O) groups is 1. The lowest BCUT2D eigenvalue weighted by Gasteiger charge is -2.22. The van der Waals surface area contributed by atoms with Crippen LogP contribution in [0.15, 0.2) is 18.2 Å². The largest absolute Gasteiger partial charge is 0.478 e. The molecule has 0 saturated carbocycles. The molecule has 1 heterocycles. The van der Waals surface area contributed by atoms with E-state index in [1.807, 2.05) is 13.0 Å². The number of carboxylic acids is 1. The summed E-state index contributed by atoms with van der Waals surface area (Å²) in [5, 5.41) is 9.11. The molecule has 0 aliphatic carbocycles. The van der Waals surface area contributed by atoms with Crippen LogP contribution >= 0.6 is 0 Å². The standard InChI is InChI=1S/C16H22N2O3/c1-10(21-5)9-18-13-7-6-11(14(19)20)8-12(13)17-15(18)16(2,3)4/h6-8,10H,9H2,1-5H3,(H,19,20). The molecule has 0 aliphatic rings. The van der Waals surface area contributed by atoms with Crippen molar-refractivity contribution in [1.29, 1.82) is 0 Å². The molecule has 2 rings (SSSR count). The van der Waals surface area contributed by atoms with Gasteiger partial charge >= 0.3 is 5.97 Å². The molecule has 1 N–H and O–H groups in total. The van der Waals surface area contributed by atoms with Crippen molar-refractivity contribution in [2.45, 2.75) is 45.8 Å². The number of carboxylic acid groups (broad SMARTS) is 1. The number of benzene rings is 1. The SMILES string of the molecule is COC(C)Cn1c(C(C)(C)C)nc2cc(C(=O)O)ccc21. The van der Waals surface area contributed by atoms with Crippen LogP contribution in [0.3, 0.4) is 0 Å². The van der Waals surface area contributed by atoms with E-state index in [1.54, 1.807) is 19.2 Å². The third-order valence-electron chi connectivity index (χ3n) is 3.51. The van der Waals surface area contributed by atoms with Crippen LogP contribution in [0.2, 0.25) is 0 Å². The van der Waals surface area contributed by atoms with E-state index in [4.69, 9.17) is 9.84 Å². The van der Waals surface area contributed by atoms with Crippen LogP contribution in [0.25, 0.3) is 11.0 Å². The lowest BCUT2D eigenvalue weighted by Crippen LogP contribution is -2.23. The van der Waals surface area contributed by atoms with Gasteiger partial charge in [-0.25, -0.2) is 9.78 Å². The first-order valence-electron chi connectivity index (χ1n) is 7.01. The van der Waals surface area contributed by atoms with Gasteiger partial charge in [0.15, 0.2) is 0 Å². The first-order chi connectivity index (χ1) is 9.74. The van der Waals surface area contributed by atoms with Gasteiger partial charge in [0.25, 0.3) is 0 Å². The average Bonchev–Trinajstić information content (AvgIpc) is 2.76. The second-order valence-corrected chi connectivity index (χ2v) is 6.35. The monoisotopic (exact) mass is 290 g/mol. The smallest absolute Gasteiger partial charge is 0.335 e. The van der Waals surface area contributed by atoms with E-state index >= 15 is 0 Å². The fourth-order valence-electron chi connectivity index (χ4n) is 2.35. The van der Waals surface area contributed by atoms with Gasteiger partial charge in [0.05, 0.1) is 29.2 Å². The molecule has 0 radical (unpaired) electrons. The Hall–Kier alpha value is -1.88. The molecule has 5 heteroatoms. The average molecular weight is 290 g/mol. The van der Waals surface area contributed by atoms with Crippen LogP contribution in [-0.4, -0.2) is 33.8 Å². The van der Waals surface area contributed by atoms with Gasteiger partial charge in [-0.05, 0) is 25.1 Å². The maximum atomic E-state index is 11.1. The molecule has 5 nitrogen and oxygen atoms in total. The minimum atomic E-state index is -0.936. The van der Waals surface area contributed by atoms with Gasteiger partial charge in [-0.3, -0.25) is 0 Å². The van der Waals surface area contributed by atoms with E-state index in [1.165, 1.54) is 0 Å². The fraction of sp³-hybridized carbons (Fsp3) is 0.500. The third kappa shape index (κ3) is 3.08. The third-order valence-corrected chi connectivity index (χ3v) is 3.51. The van der Waals surface area contributed by atoms with Crippen LogP contribution in [0, 0.1) is 0 Å². The van der Waals surface area contributed by atoms with Crippen LogP contribution in [0.4, 0.5) is 0 Å². The van der Waals surface area contributed by atoms with Gasteiger partial charge in [0, 0.05) is 12.5 Å². The van der Waals surface area contributed by atoms with Crippen LogP contribution < -0.4 is 0 Å². The fourth-order valence-corrected chi connectivity index (χ4v) is 2.35. The summed E-state index contributed by atoms with van der Waals surface area (Å²) < 4.78 is 7.48. The maximum absolute atomic E-state index is 11.1. The number of hydrogen-bond donors (Lipinski definition) is 1. The van der Waals surface area contributed by atoms with Crippen molar-refractivity contribution in [2.75, 3.05) is 7.11 Å². The van der Waals surface area contributed by atoms with Crippen LogP contribution in [0.5, 0.6) is 0 Å². The summed E-state index contributed by atoms with van der Waals surface area (Å²) in [5.74, 6) is -0.00189. The molecule has 0 spiro atoms. The molecular weight excluding hydrogens is 268 g/mol. The quantitative estimate of drug-likeness (QED) is 0.940. The number of methoxy groups -OCH3 is 1. The highest BCUT2D eigenvalue weighted by molar-refractivity contribution is 5.92. The molecule has 0 saturated heterocycles. The lowest BCUT2D eigenvalue weighted by atomic mass is 9.95. The van der Waals surface area contributed by atoms with Gasteiger partial charge in [-0.2, -0.15) is 0 Å². The summed E-state index contributed by atoms with van der Waals surface area (Å²) in [7, 11) is 1.68. The molecule has 2 aromatic rings. The molecule has 1 atom stereocenters. The Morgan fingerprint density at radius 2 is 2.10 bits per heavy atom. The molecule has 0 bridgehead atoms. The number of nitrogens with zero attached hydrogens (tertiary/aromatic N) is 2. The summed E-state index contributed by atoms with van der Waals surface area (Å²) in [5.41, 5.74) is 1.78. The first-order valence-corrected chi connectivity index (χ1v) is 7.01. The zero-order chi connectivity index (χ0) is 15.8. The van der Waals surface area contributed by atoms with Crippen molar-refractivity contribution in [3.8, 4) is 0 Å². The number of hydrogen-bond acceptors (Lipinski definition) is 3. The van der Waals surface area contributed by atoms with Crippen molar-refractivity contribution < 1.29 is 14.6 Å². The molecule has 21 heavy (non-hydrogen) atoms. The zero-order valence-electron chi connectivity index (χ0n) is 13.2. The first kappa shape index (κ1) is 15.5.